The Morgan fingerprint density at radius 3 is 2.76 bits per heavy atom. The van der Waals surface area contributed by atoms with Gasteiger partial charge in [-0.3, -0.25) is 9.59 Å². The monoisotopic (exact) mass is 287 g/mol. The summed E-state index contributed by atoms with van der Waals surface area (Å²) < 4.78 is 5.76. The highest BCUT2D eigenvalue weighted by Crippen LogP contribution is 2.40. The van der Waals surface area contributed by atoms with Crippen LogP contribution in [0.1, 0.15) is 35.7 Å². The number of hydrogen-bond donors (Lipinski definition) is 1. The van der Waals surface area contributed by atoms with Crippen molar-refractivity contribution in [3.05, 3.63) is 29.3 Å². The lowest BCUT2D eigenvalue weighted by Gasteiger charge is -2.19. The van der Waals surface area contributed by atoms with Crippen LogP contribution in [0.4, 0.5) is 0 Å². The minimum atomic E-state index is -1.10. The lowest BCUT2D eigenvalue weighted by molar-refractivity contribution is -0.137. The van der Waals surface area contributed by atoms with E-state index in [4.69, 9.17) is 16.3 Å². The molecule has 1 heterocycles. The molecule has 1 aromatic carbocycles. The number of nitrogens with zero attached hydrogens (tertiary/aromatic N) is 1. The van der Waals surface area contributed by atoms with Gasteiger partial charge in [0.1, 0.15) is 18.4 Å². The summed E-state index contributed by atoms with van der Waals surface area (Å²) >= 11 is 0. The zero-order valence-corrected chi connectivity index (χ0v) is 12.0. The van der Waals surface area contributed by atoms with Crippen molar-refractivity contribution in [3.8, 4) is 18.1 Å². The molecule has 1 N–H and O–H groups in total. The number of carboxylic acids is 1. The Balaban J connectivity index is 2.36. The third-order valence-corrected chi connectivity index (χ3v) is 3.67. The van der Waals surface area contributed by atoms with Crippen molar-refractivity contribution < 1.29 is 19.4 Å². The number of carboxylic acid groups (broad SMARTS) is 1. The van der Waals surface area contributed by atoms with Crippen LogP contribution < -0.4 is 4.74 Å². The van der Waals surface area contributed by atoms with E-state index in [2.05, 4.69) is 5.92 Å². The van der Waals surface area contributed by atoms with E-state index in [-0.39, 0.29) is 18.6 Å². The zero-order chi connectivity index (χ0) is 15.6. The number of aliphatic carboxylic acids is 1. The Bertz CT molecular complexity index is 617. The van der Waals surface area contributed by atoms with E-state index in [9.17, 15) is 9.59 Å². The molecule has 5 heteroatoms. The molecule has 2 atom stereocenters. The van der Waals surface area contributed by atoms with Crippen LogP contribution in [0.3, 0.4) is 0 Å². The largest absolute Gasteiger partial charge is 0.489 e. The molecular weight excluding hydrogens is 270 g/mol. The van der Waals surface area contributed by atoms with Crippen molar-refractivity contribution in [2.45, 2.75) is 25.9 Å². The summed E-state index contributed by atoms with van der Waals surface area (Å²) in [6.07, 6.45) is 5.19. The average Bonchev–Trinajstić information content (AvgIpc) is 2.73. The molecule has 1 aromatic rings. The number of para-hydroxylation sites is 1. The molecule has 0 saturated heterocycles. The van der Waals surface area contributed by atoms with Crippen LogP contribution in [0, 0.1) is 12.3 Å². The molecule has 1 aliphatic rings. The molecule has 0 saturated carbocycles. The molecule has 0 fully saturated rings. The normalized spacial score (nSPS) is 19.3. The van der Waals surface area contributed by atoms with Gasteiger partial charge in [0.25, 0.3) is 5.91 Å². The fourth-order valence-electron chi connectivity index (χ4n) is 2.40. The SMILES string of the molecule is C#CCN(CC(=O)O)C(=O)c1cccc2c1OC(C)C2C. The number of hydrogen-bond acceptors (Lipinski definition) is 3. The molecule has 2 unspecified atom stereocenters. The first kappa shape index (κ1) is 14.9. The molecule has 1 amide bonds. The first-order valence-electron chi connectivity index (χ1n) is 6.69. The van der Waals surface area contributed by atoms with Gasteiger partial charge in [-0.05, 0) is 13.0 Å². The van der Waals surface area contributed by atoms with Gasteiger partial charge >= 0.3 is 5.97 Å². The zero-order valence-electron chi connectivity index (χ0n) is 12.0. The predicted molar refractivity (Wildman–Crippen MR) is 77.3 cm³/mol. The van der Waals surface area contributed by atoms with Gasteiger partial charge in [0.05, 0.1) is 12.1 Å². The van der Waals surface area contributed by atoms with Gasteiger partial charge in [0.2, 0.25) is 0 Å². The molecule has 0 radical (unpaired) electrons. The molecule has 0 spiro atoms. The molecule has 5 nitrogen and oxygen atoms in total. The molecule has 110 valence electrons. The number of ether oxygens (including phenoxy) is 1. The van der Waals surface area contributed by atoms with Gasteiger partial charge in [-0.2, -0.15) is 0 Å². The fraction of sp³-hybridized carbons (Fsp3) is 0.375. The highest BCUT2D eigenvalue weighted by Gasteiger charge is 2.32. The highest BCUT2D eigenvalue weighted by atomic mass is 16.5. The summed E-state index contributed by atoms with van der Waals surface area (Å²) in [6.45, 7) is 3.48. The maximum atomic E-state index is 12.5. The quantitative estimate of drug-likeness (QED) is 0.856. The summed E-state index contributed by atoms with van der Waals surface area (Å²) in [5, 5.41) is 8.89. The number of fused-ring (bicyclic) bond motifs is 1. The Kier molecular flexibility index (Phi) is 4.18. The van der Waals surface area contributed by atoms with Gasteiger partial charge in [-0.15, -0.1) is 6.42 Å². The van der Waals surface area contributed by atoms with E-state index in [1.54, 1.807) is 12.1 Å². The smallest absolute Gasteiger partial charge is 0.323 e. The second-order valence-corrected chi connectivity index (χ2v) is 5.09. The molecule has 21 heavy (non-hydrogen) atoms. The van der Waals surface area contributed by atoms with Gasteiger partial charge < -0.3 is 14.7 Å². The van der Waals surface area contributed by atoms with Crippen LogP contribution in [0.5, 0.6) is 5.75 Å². The molecular formula is C16H17NO4. The Morgan fingerprint density at radius 1 is 1.43 bits per heavy atom. The van der Waals surface area contributed by atoms with E-state index >= 15 is 0 Å². The van der Waals surface area contributed by atoms with E-state index in [0.717, 1.165) is 10.5 Å². The number of carbonyl (C=O) groups excluding carboxylic acids is 1. The number of benzene rings is 1. The second-order valence-electron chi connectivity index (χ2n) is 5.09. The van der Waals surface area contributed by atoms with Crippen molar-refractivity contribution in [1.29, 1.82) is 0 Å². The maximum Gasteiger partial charge on any atom is 0.323 e. The maximum absolute atomic E-state index is 12.5. The van der Waals surface area contributed by atoms with Crippen molar-refractivity contribution in [3.63, 3.8) is 0 Å². The van der Waals surface area contributed by atoms with E-state index < -0.39 is 18.4 Å². The van der Waals surface area contributed by atoms with Crippen LogP contribution in [-0.4, -0.2) is 41.1 Å². The summed E-state index contributed by atoms with van der Waals surface area (Å²) in [4.78, 5) is 24.5. The minimum absolute atomic E-state index is 0.0190. The topological polar surface area (TPSA) is 66.8 Å². The van der Waals surface area contributed by atoms with Crippen LogP contribution >= 0.6 is 0 Å². The number of amides is 1. The second kappa shape index (κ2) is 5.88. The lowest BCUT2D eigenvalue weighted by atomic mass is 9.96. The summed E-state index contributed by atoms with van der Waals surface area (Å²) in [6, 6.07) is 5.33. The highest BCUT2D eigenvalue weighted by molar-refractivity contribution is 5.99. The number of rotatable bonds is 4. The number of terminal acetylenes is 1. The molecule has 0 aromatic heterocycles. The summed E-state index contributed by atoms with van der Waals surface area (Å²) in [7, 11) is 0. The van der Waals surface area contributed by atoms with E-state index in [1.165, 1.54) is 0 Å². The lowest BCUT2D eigenvalue weighted by Crippen LogP contribution is -2.36. The first-order valence-corrected chi connectivity index (χ1v) is 6.69. The fourth-order valence-corrected chi connectivity index (χ4v) is 2.40. The van der Waals surface area contributed by atoms with E-state index in [1.807, 2.05) is 19.9 Å². The third kappa shape index (κ3) is 2.84. The van der Waals surface area contributed by atoms with Crippen LogP contribution in [0.15, 0.2) is 18.2 Å². The summed E-state index contributed by atoms with van der Waals surface area (Å²) in [5.74, 6) is 1.51. The van der Waals surface area contributed by atoms with Crippen molar-refractivity contribution in [1.82, 2.24) is 4.90 Å². The van der Waals surface area contributed by atoms with Gasteiger partial charge in [-0.1, -0.05) is 25.0 Å². The van der Waals surface area contributed by atoms with Crippen LogP contribution in [0.2, 0.25) is 0 Å². The average molecular weight is 287 g/mol. The first-order chi connectivity index (χ1) is 9.95. The summed E-state index contributed by atoms with van der Waals surface area (Å²) in [5.41, 5.74) is 1.32. The third-order valence-electron chi connectivity index (χ3n) is 3.67. The van der Waals surface area contributed by atoms with Crippen molar-refractivity contribution >= 4 is 11.9 Å². The van der Waals surface area contributed by atoms with Crippen molar-refractivity contribution in [2.24, 2.45) is 0 Å². The Morgan fingerprint density at radius 2 is 2.14 bits per heavy atom. The van der Waals surface area contributed by atoms with Gasteiger partial charge in [0.15, 0.2) is 0 Å². The molecule has 2 rings (SSSR count). The predicted octanol–water partition coefficient (Wildman–Crippen LogP) is 1.73. The van der Waals surface area contributed by atoms with Crippen LogP contribution in [-0.2, 0) is 4.79 Å². The minimum Gasteiger partial charge on any atom is -0.489 e. The molecule has 0 bridgehead atoms. The standard InChI is InChI=1S/C16H17NO4/c1-4-8-17(9-14(18)19)16(20)13-7-5-6-12-10(2)11(3)21-15(12)13/h1,5-7,10-11H,8-9H2,2-3H3,(H,18,19). The van der Waals surface area contributed by atoms with Crippen LogP contribution in [0.25, 0.3) is 0 Å². The Hall–Kier alpha value is -2.48. The van der Waals surface area contributed by atoms with E-state index in [0.29, 0.717) is 11.3 Å². The van der Waals surface area contributed by atoms with Gasteiger partial charge in [-0.25, -0.2) is 0 Å². The molecule has 1 aliphatic heterocycles. The number of carbonyl (C=O) groups is 2. The van der Waals surface area contributed by atoms with Gasteiger partial charge in [0, 0.05) is 11.5 Å². The Labute approximate surface area is 123 Å². The van der Waals surface area contributed by atoms with Crippen molar-refractivity contribution in [2.75, 3.05) is 13.1 Å². The molecule has 0 aliphatic carbocycles.